The highest BCUT2D eigenvalue weighted by molar-refractivity contribution is 6.19. The quantitative estimate of drug-likeness (QED) is 0.546. The van der Waals surface area contributed by atoms with Crippen LogP contribution in [0.1, 0.15) is 27.9 Å². The molecular formula is C29H25F4N5O4. The van der Waals surface area contributed by atoms with Crippen molar-refractivity contribution >= 4 is 29.1 Å². The molecule has 1 aliphatic carbocycles. The topological polar surface area (TPSA) is 115 Å². The fourth-order valence-corrected chi connectivity index (χ4v) is 6.32. The van der Waals surface area contributed by atoms with Gasteiger partial charge >= 0.3 is 6.18 Å². The number of aliphatic imine (C=N–C) groups is 1. The van der Waals surface area contributed by atoms with Gasteiger partial charge in [-0.15, -0.1) is 0 Å². The number of rotatable bonds is 4. The summed E-state index contributed by atoms with van der Waals surface area (Å²) in [5, 5.41) is 12.2. The summed E-state index contributed by atoms with van der Waals surface area (Å²) in [4.78, 5) is 45.5. The Morgan fingerprint density at radius 2 is 1.88 bits per heavy atom. The Bertz CT molecular complexity index is 1530. The van der Waals surface area contributed by atoms with E-state index in [1.54, 1.807) is 6.07 Å². The zero-order valence-electron chi connectivity index (χ0n) is 22.2. The van der Waals surface area contributed by atoms with Crippen molar-refractivity contribution in [3.05, 3.63) is 64.5 Å². The Balaban J connectivity index is 1.26. The number of carbonyl (C=O) groups excluding carboxylic acids is 3. The van der Waals surface area contributed by atoms with Crippen LogP contribution in [-0.2, 0) is 20.5 Å². The number of alkyl halides is 3. The minimum atomic E-state index is -4.86. The smallest absolute Gasteiger partial charge is 0.381 e. The molecule has 218 valence electrons. The van der Waals surface area contributed by atoms with Crippen LogP contribution in [0.2, 0.25) is 0 Å². The van der Waals surface area contributed by atoms with Gasteiger partial charge in [-0.25, -0.2) is 9.38 Å². The Kier molecular flexibility index (Phi) is 6.97. The maximum Gasteiger partial charge on any atom is 0.418 e. The molecule has 0 aromatic heterocycles. The lowest BCUT2D eigenvalue weighted by Crippen LogP contribution is -2.41. The van der Waals surface area contributed by atoms with Crippen LogP contribution in [0.5, 0.6) is 0 Å². The highest BCUT2D eigenvalue weighted by Crippen LogP contribution is 2.42. The summed E-state index contributed by atoms with van der Waals surface area (Å²) in [6, 6.07) is 3.04. The number of anilines is 1. The highest BCUT2D eigenvalue weighted by atomic mass is 19.4. The van der Waals surface area contributed by atoms with Crippen molar-refractivity contribution in [3.8, 4) is 6.07 Å². The van der Waals surface area contributed by atoms with E-state index in [0.717, 1.165) is 18.2 Å². The minimum absolute atomic E-state index is 0.0169. The average molecular weight is 584 g/mol. The van der Waals surface area contributed by atoms with E-state index in [2.05, 4.69) is 10.3 Å². The second-order valence-corrected chi connectivity index (χ2v) is 11.0. The normalized spacial score (nSPS) is 26.7. The number of nitriles is 1. The molecule has 4 heterocycles. The molecule has 9 nitrogen and oxygen atoms in total. The lowest BCUT2D eigenvalue weighted by atomic mass is 9.87. The van der Waals surface area contributed by atoms with Crippen LogP contribution in [0.4, 0.5) is 23.2 Å². The second-order valence-electron chi connectivity index (χ2n) is 11.0. The SMILES string of the molecule is N#Cc1cc(C(=O)N2C[C@H]3COC[C@H]3C2)c(N2CC[C@@H](NC(=O)C3=CC(=O)N=C4C(F)=CC=CC34)C2)c(C(F)(F)F)c1. The molecule has 0 radical (unpaired) electrons. The molecule has 42 heavy (non-hydrogen) atoms. The molecule has 3 saturated heterocycles. The van der Waals surface area contributed by atoms with E-state index in [1.807, 2.05) is 0 Å². The lowest BCUT2D eigenvalue weighted by Gasteiger charge is -2.28. The number of dihydropyridines is 1. The number of benzene rings is 1. The second kappa shape index (κ2) is 10.5. The van der Waals surface area contributed by atoms with E-state index < -0.39 is 47.2 Å². The molecular weight excluding hydrogens is 558 g/mol. The summed E-state index contributed by atoms with van der Waals surface area (Å²) >= 11 is 0. The molecule has 1 aromatic carbocycles. The number of hydrogen-bond acceptors (Lipinski definition) is 6. The van der Waals surface area contributed by atoms with Crippen LogP contribution in [0.3, 0.4) is 0 Å². The first-order valence-corrected chi connectivity index (χ1v) is 13.5. The number of ether oxygens (including phenoxy) is 1. The number of amides is 3. The fourth-order valence-electron chi connectivity index (χ4n) is 6.32. The number of carbonyl (C=O) groups is 3. The Labute approximate surface area is 237 Å². The van der Waals surface area contributed by atoms with Gasteiger partial charge in [-0.1, -0.05) is 12.2 Å². The van der Waals surface area contributed by atoms with E-state index in [4.69, 9.17) is 4.74 Å². The predicted octanol–water partition coefficient (Wildman–Crippen LogP) is 2.94. The van der Waals surface area contributed by atoms with Crippen molar-refractivity contribution in [2.75, 3.05) is 44.3 Å². The van der Waals surface area contributed by atoms with Crippen LogP contribution in [0.15, 0.2) is 52.8 Å². The molecule has 4 atom stereocenters. The summed E-state index contributed by atoms with van der Waals surface area (Å²) in [6.45, 7) is 1.70. The molecule has 3 fully saturated rings. The van der Waals surface area contributed by atoms with Crippen LogP contribution in [-0.4, -0.2) is 73.8 Å². The molecule has 5 aliphatic rings. The van der Waals surface area contributed by atoms with Crippen molar-refractivity contribution in [3.63, 3.8) is 0 Å². The highest BCUT2D eigenvalue weighted by Gasteiger charge is 2.44. The zero-order chi connectivity index (χ0) is 29.8. The summed E-state index contributed by atoms with van der Waals surface area (Å²) in [5.74, 6) is -3.41. The molecule has 0 bridgehead atoms. The standard InChI is InChI=1S/C29H25F4N5O4/c30-23-3-1-2-19-20(8-24(39)36-25(19)23)27(40)35-18-4-5-37(12-18)26-21(6-15(9-34)7-22(26)29(31,32)33)28(41)38-10-16-13-42-14-17(16)11-38/h1-3,6-8,16-19H,4-5,10-14H2,(H,35,40)/t16-,17+,18-,19?/m1/s1. The van der Waals surface area contributed by atoms with Gasteiger partial charge < -0.3 is 19.9 Å². The first kappa shape index (κ1) is 27.8. The zero-order valence-corrected chi connectivity index (χ0v) is 22.2. The number of nitrogens with zero attached hydrogens (tertiary/aromatic N) is 4. The number of fused-ring (bicyclic) bond motifs is 2. The van der Waals surface area contributed by atoms with E-state index in [0.29, 0.717) is 26.3 Å². The van der Waals surface area contributed by atoms with Crippen molar-refractivity contribution in [2.45, 2.75) is 18.6 Å². The molecule has 4 aliphatic heterocycles. The van der Waals surface area contributed by atoms with Crippen molar-refractivity contribution in [2.24, 2.45) is 22.7 Å². The molecule has 1 unspecified atom stereocenters. The van der Waals surface area contributed by atoms with Gasteiger partial charge in [0.25, 0.3) is 11.8 Å². The maximum atomic E-state index is 14.4. The summed E-state index contributed by atoms with van der Waals surface area (Å²) in [6.07, 6.45) is 0.490. The van der Waals surface area contributed by atoms with Gasteiger partial charge in [0.15, 0.2) is 0 Å². The first-order valence-electron chi connectivity index (χ1n) is 13.5. The summed E-state index contributed by atoms with van der Waals surface area (Å²) in [7, 11) is 0. The van der Waals surface area contributed by atoms with Crippen molar-refractivity contribution in [1.29, 1.82) is 5.26 Å². The largest absolute Gasteiger partial charge is 0.418 e. The number of hydrogen-bond donors (Lipinski definition) is 1. The van der Waals surface area contributed by atoms with Gasteiger partial charge in [-0.2, -0.15) is 18.4 Å². The molecule has 13 heteroatoms. The molecule has 1 N–H and O–H groups in total. The summed E-state index contributed by atoms with van der Waals surface area (Å²) < 4.78 is 62.8. The van der Waals surface area contributed by atoms with Crippen molar-refractivity contribution in [1.82, 2.24) is 10.2 Å². The van der Waals surface area contributed by atoms with Gasteiger partial charge in [0.1, 0.15) is 5.83 Å². The Morgan fingerprint density at radius 3 is 2.57 bits per heavy atom. The third-order valence-electron chi connectivity index (χ3n) is 8.33. The van der Waals surface area contributed by atoms with Gasteiger partial charge in [-0.05, 0) is 24.6 Å². The number of halogens is 4. The van der Waals surface area contributed by atoms with Crippen molar-refractivity contribution < 1.29 is 36.7 Å². The number of allylic oxidation sites excluding steroid dienone is 4. The van der Waals surface area contributed by atoms with E-state index in [1.165, 1.54) is 28.0 Å². The number of nitrogens with one attached hydrogen (secondary N) is 1. The molecule has 1 aromatic rings. The van der Waals surface area contributed by atoms with E-state index in [9.17, 15) is 37.2 Å². The van der Waals surface area contributed by atoms with Crippen LogP contribution in [0, 0.1) is 29.1 Å². The minimum Gasteiger partial charge on any atom is -0.381 e. The van der Waals surface area contributed by atoms with E-state index >= 15 is 0 Å². The third kappa shape index (κ3) is 5.00. The molecule has 6 rings (SSSR count). The van der Waals surface area contributed by atoms with Gasteiger partial charge in [0.2, 0.25) is 5.91 Å². The monoisotopic (exact) mass is 583 g/mol. The fraction of sp³-hybridized carbons (Fsp3) is 0.414. The predicted molar refractivity (Wildman–Crippen MR) is 141 cm³/mol. The number of likely N-dealkylation sites (tertiary alicyclic amines) is 1. The third-order valence-corrected chi connectivity index (χ3v) is 8.33. The van der Waals surface area contributed by atoms with Gasteiger partial charge in [-0.3, -0.25) is 14.4 Å². The van der Waals surface area contributed by atoms with Crippen LogP contribution in [0.25, 0.3) is 0 Å². The molecule has 3 amide bonds. The molecule has 0 spiro atoms. The average Bonchev–Trinajstić information content (AvgIpc) is 3.69. The van der Waals surface area contributed by atoms with Gasteiger partial charge in [0, 0.05) is 55.7 Å². The first-order chi connectivity index (χ1) is 20.0. The lowest BCUT2D eigenvalue weighted by molar-refractivity contribution is -0.137. The Hall–Kier alpha value is -4.31. The summed E-state index contributed by atoms with van der Waals surface area (Å²) in [5.41, 5.74) is -2.12. The molecule has 0 saturated carbocycles. The maximum absolute atomic E-state index is 14.4. The van der Waals surface area contributed by atoms with E-state index in [-0.39, 0.29) is 59.4 Å². The Morgan fingerprint density at radius 1 is 1.14 bits per heavy atom. The van der Waals surface area contributed by atoms with Crippen LogP contribution >= 0.6 is 0 Å². The van der Waals surface area contributed by atoms with Crippen LogP contribution < -0.4 is 10.2 Å². The van der Waals surface area contributed by atoms with Gasteiger partial charge in [0.05, 0.1) is 53.3 Å².